The zero-order valence-electron chi connectivity index (χ0n) is 17.9. The first kappa shape index (κ1) is 22.7. The van der Waals surface area contributed by atoms with Crippen LogP contribution in [0.1, 0.15) is 52.6 Å². The largest absolute Gasteiger partial charge is 0.478 e. The molecule has 1 aromatic carbocycles. The van der Waals surface area contributed by atoms with Crippen LogP contribution in [0.15, 0.2) is 0 Å². The Bertz CT molecular complexity index is 964. The molecule has 0 radical (unpaired) electrons. The number of carbonyl (C=O) groups excluding carboxylic acids is 2. The lowest BCUT2D eigenvalue weighted by Crippen LogP contribution is -2.28. The van der Waals surface area contributed by atoms with E-state index in [0.29, 0.717) is 26.4 Å². The van der Waals surface area contributed by atoms with Crippen LogP contribution in [0.4, 0.5) is 0 Å². The number of rotatable bonds is 12. The number of carboxylic acid groups (broad SMARTS) is 2. The van der Waals surface area contributed by atoms with Gasteiger partial charge in [0.1, 0.15) is 25.4 Å². The predicted molar refractivity (Wildman–Crippen MR) is 107 cm³/mol. The van der Waals surface area contributed by atoms with E-state index in [1.54, 1.807) is 0 Å². The maximum Gasteiger partial charge on any atom is 0.339 e. The molecule has 12 nitrogen and oxygen atoms in total. The molecule has 0 spiro atoms. The molecule has 0 bridgehead atoms. The van der Waals surface area contributed by atoms with Crippen molar-refractivity contribution in [3.63, 3.8) is 0 Å². The highest BCUT2D eigenvalue weighted by atomic mass is 16.6. The van der Waals surface area contributed by atoms with Crippen LogP contribution in [0.2, 0.25) is 0 Å². The molecule has 0 amide bonds. The van der Waals surface area contributed by atoms with Crippen LogP contribution in [0.3, 0.4) is 0 Å². The molecule has 4 aliphatic rings. The van der Waals surface area contributed by atoms with E-state index < -0.39 is 47.2 Å². The van der Waals surface area contributed by atoms with Gasteiger partial charge in [-0.15, -0.1) is 0 Å². The molecule has 0 aromatic heterocycles. The molecule has 1 aromatic rings. The van der Waals surface area contributed by atoms with E-state index in [9.17, 15) is 29.4 Å². The van der Waals surface area contributed by atoms with Crippen LogP contribution in [0.25, 0.3) is 0 Å². The van der Waals surface area contributed by atoms with Crippen LogP contribution in [0, 0.1) is 0 Å². The maximum absolute atomic E-state index is 13.3. The van der Waals surface area contributed by atoms with Gasteiger partial charge in [0.05, 0.1) is 60.9 Å². The van der Waals surface area contributed by atoms with E-state index >= 15 is 0 Å². The molecule has 5 rings (SSSR count). The molecule has 0 saturated carbocycles. The average Bonchev–Trinajstić information content (AvgIpc) is 3.62. The first-order valence-electron chi connectivity index (χ1n) is 10.8. The Morgan fingerprint density at radius 3 is 1.21 bits per heavy atom. The van der Waals surface area contributed by atoms with Crippen molar-refractivity contribution in [3.05, 3.63) is 33.4 Å². The third-order valence-electron chi connectivity index (χ3n) is 5.82. The number of hydrogen-bond acceptors (Lipinski definition) is 10. The van der Waals surface area contributed by atoms with Crippen molar-refractivity contribution >= 4 is 23.9 Å². The quantitative estimate of drug-likeness (QED) is 0.306. The summed E-state index contributed by atoms with van der Waals surface area (Å²) in [6.07, 6.45) is -1.56. The number of carboxylic acids is 2. The van der Waals surface area contributed by atoms with Crippen LogP contribution >= 0.6 is 0 Å². The first-order valence-corrected chi connectivity index (χ1v) is 10.8. The molecule has 4 atom stereocenters. The van der Waals surface area contributed by atoms with Crippen molar-refractivity contribution in [1.82, 2.24) is 0 Å². The Morgan fingerprint density at radius 2 is 0.941 bits per heavy atom. The van der Waals surface area contributed by atoms with Gasteiger partial charge in [-0.25, -0.2) is 19.2 Å². The molecular weight excluding hydrogens is 456 g/mol. The van der Waals surface area contributed by atoms with Crippen LogP contribution in [-0.4, -0.2) is 98.1 Å². The Balaban J connectivity index is 1.69. The summed E-state index contributed by atoms with van der Waals surface area (Å²) in [6, 6.07) is 0. The lowest BCUT2D eigenvalue weighted by Gasteiger charge is -2.22. The van der Waals surface area contributed by atoms with Crippen molar-refractivity contribution in [3.8, 4) is 0 Å². The van der Waals surface area contributed by atoms with E-state index in [2.05, 4.69) is 0 Å². The summed E-state index contributed by atoms with van der Waals surface area (Å²) in [5.74, 6) is -5.01. The SMILES string of the molecule is O=C(O)c1c(CC2CO2)c(C(=O)OCC2CO2)c(C(=O)OCC2CO2)c(CC2CO2)c1C(=O)O. The monoisotopic (exact) mass is 478 g/mol. The lowest BCUT2D eigenvalue weighted by molar-refractivity contribution is 0.0427. The molecule has 4 aliphatic heterocycles. The topological polar surface area (TPSA) is 177 Å². The minimum absolute atomic E-state index is 0.0848. The summed E-state index contributed by atoms with van der Waals surface area (Å²) in [4.78, 5) is 51.2. The average molecular weight is 478 g/mol. The Morgan fingerprint density at radius 1 is 0.618 bits per heavy atom. The van der Waals surface area contributed by atoms with Gasteiger partial charge in [-0.05, 0) is 11.1 Å². The Hall–Kier alpha value is -3.06. The molecular formula is C22H22O12. The zero-order chi connectivity index (χ0) is 24.0. The van der Waals surface area contributed by atoms with Crippen molar-refractivity contribution in [1.29, 1.82) is 0 Å². The van der Waals surface area contributed by atoms with Gasteiger partial charge in [0.15, 0.2) is 0 Å². The van der Waals surface area contributed by atoms with Gasteiger partial charge >= 0.3 is 23.9 Å². The molecule has 0 aliphatic carbocycles. The van der Waals surface area contributed by atoms with E-state index in [1.165, 1.54) is 0 Å². The highest BCUT2D eigenvalue weighted by molar-refractivity contribution is 6.13. The fraction of sp³-hybridized carbons (Fsp3) is 0.545. The van der Waals surface area contributed by atoms with Gasteiger partial charge in [-0.2, -0.15) is 0 Å². The molecule has 12 heteroatoms. The fourth-order valence-corrected chi connectivity index (χ4v) is 3.82. The van der Waals surface area contributed by atoms with Crippen molar-refractivity contribution in [2.24, 2.45) is 0 Å². The third-order valence-corrected chi connectivity index (χ3v) is 5.82. The van der Waals surface area contributed by atoms with Crippen molar-refractivity contribution in [2.45, 2.75) is 37.3 Å². The van der Waals surface area contributed by atoms with Crippen LogP contribution < -0.4 is 0 Å². The summed E-state index contributed by atoms with van der Waals surface area (Å²) in [7, 11) is 0. The number of benzene rings is 1. The zero-order valence-corrected chi connectivity index (χ0v) is 17.9. The van der Waals surface area contributed by atoms with Gasteiger partial charge in [-0.1, -0.05) is 0 Å². The number of carbonyl (C=O) groups is 4. The lowest BCUT2D eigenvalue weighted by atomic mass is 9.82. The second kappa shape index (κ2) is 8.95. The van der Waals surface area contributed by atoms with Gasteiger partial charge in [-0.3, -0.25) is 0 Å². The number of esters is 2. The molecule has 4 fully saturated rings. The summed E-state index contributed by atoms with van der Waals surface area (Å²) in [5, 5.41) is 20.0. The van der Waals surface area contributed by atoms with E-state index in [-0.39, 0.29) is 60.5 Å². The number of aromatic carboxylic acids is 2. The minimum atomic E-state index is -1.54. The number of epoxide rings is 4. The fourth-order valence-electron chi connectivity index (χ4n) is 3.82. The van der Waals surface area contributed by atoms with Gasteiger partial charge in [0.25, 0.3) is 0 Å². The molecule has 182 valence electrons. The maximum atomic E-state index is 13.3. The van der Waals surface area contributed by atoms with Gasteiger partial charge in [0, 0.05) is 12.8 Å². The highest BCUT2D eigenvalue weighted by Gasteiger charge is 2.41. The second-order valence-electron chi connectivity index (χ2n) is 8.49. The normalized spacial score (nSPS) is 25.9. The summed E-state index contributed by atoms with van der Waals surface area (Å²) >= 11 is 0. The minimum Gasteiger partial charge on any atom is -0.478 e. The van der Waals surface area contributed by atoms with E-state index in [0.717, 1.165) is 0 Å². The third kappa shape index (κ3) is 5.04. The standard InChI is InChI=1S/C22H22O12/c23-19(24)15-13(1-9-3-29-9)17(21(27)33-7-11-5-31-11)18(22(28)34-8-12-6-32-12)14(2-10-4-30-10)16(15)20(25)26/h9-12H,1-8H2,(H,23,24)(H,25,26). The van der Waals surface area contributed by atoms with Crippen molar-refractivity contribution < 1.29 is 57.8 Å². The Labute approximate surface area is 192 Å². The van der Waals surface area contributed by atoms with E-state index in [4.69, 9.17) is 28.4 Å². The van der Waals surface area contributed by atoms with Gasteiger partial charge in [0.2, 0.25) is 0 Å². The van der Waals surface area contributed by atoms with Gasteiger partial charge < -0.3 is 38.6 Å². The Kier molecular flexibility index (Phi) is 5.98. The predicted octanol–water partition coefficient (Wildman–Crippen LogP) is 0.0768. The summed E-state index contributed by atoms with van der Waals surface area (Å²) < 4.78 is 31.2. The second-order valence-corrected chi connectivity index (χ2v) is 8.49. The first-order chi connectivity index (χ1) is 16.3. The van der Waals surface area contributed by atoms with Crippen molar-refractivity contribution in [2.75, 3.05) is 39.6 Å². The van der Waals surface area contributed by atoms with Crippen LogP contribution in [0.5, 0.6) is 0 Å². The van der Waals surface area contributed by atoms with Crippen LogP contribution in [-0.2, 0) is 41.3 Å². The summed E-state index contributed by atoms with van der Waals surface area (Å²) in [5.41, 5.74) is -2.06. The molecule has 4 unspecified atom stereocenters. The smallest absolute Gasteiger partial charge is 0.339 e. The number of ether oxygens (including phenoxy) is 6. The molecule has 2 N–H and O–H groups in total. The number of hydrogen-bond donors (Lipinski definition) is 2. The van der Waals surface area contributed by atoms with E-state index in [1.807, 2.05) is 0 Å². The molecule has 4 heterocycles. The molecule has 4 saturated heterocycles. The molecule has 34 heavy (non-hydrogen) atoms. The highest BCUT2D eigenvalue weighted by Crippen LogP contribution is 2.35. The summed E-state index contributed by atoms with van der Waals surface area (Å²) in [6.45, 7) is 1.26.